The molecule has 0 atom stereocenters. The number of fused-ring (bicyclic) bond motifs is 1. The molecular weight excluding hydrogens is 448 g/mol. The van der Waals surface area contributed by atoms with Crippen LogP contribution in [0.25, 0.3) is 27.7 Å². The van der Waals surface area contributed by atoms with E-state index in [0.717, 1.165) is 27.8 Å². The van der Waals surface area contributed by atoms with Crippen LogP contribution in [0.2, 0.25) is 0 Å². The Morgan fingerprint density at radius 3 is 2.53 bits per heavy atom. The number of ether oxygens (including phenoxy) is 1. The summed E-state index contributed by atoms with van der Waals surface area (Å²) in [4.78, 5) is 8.82. The maximum atomic E-state index is 13.5. The van der Waals surface area contributed by atoms with Crippen LogP contribution in [0.4, 0.5) is 5.69 Å². The first-order valence-corrected chi connectivity index (χ1v) is 12.1. The van der Waals surface area contributed by atoms with Crippen molar-refractivity contribution in [1.82, 2.24) is 14.5 Å². The zero-order valence-corrected chi connectivity index (χ0v) is 19.5. The molecule has 1 N–H and O–H groups in total. The summed E-state index contributed by atoms with van der Waals surface area (Å²) < 4.78 is 37.1. The molecule has 0 spiro atoms. The lowest BCUT2D eigenvalue weighted by Crippen LogP contribution is -2.14. The van der Waals surface area contributed by atoms with Gasteiger partial charge in [0, 0.05) is 29.4 Å². The molecule has 170 valence electrons. The van der Waals surface area contributed by atoms with Crippen LogP contribution in [-0.4, -0.2) is 30.1 Å². The number of methoxy groups -OCH3 is 1. The third-order valence-corrected chi connectivity index (χ3v) is 6.97. The fourth-order valence-electron chi connectivity index (χ4n) is 3.98. The summed E-state index contributed by atoms with van der Waals surface area (Å²) >= 11 is 0. The number of sulfonamides is 1. The summed E-state index contributed by atoms with van der Waals surface area (Å²) in [7, 11) is -2.36. The van der Waals surface area contributed by atoms with Gasteiger partial charge in [0.05, 0.1) is 40.9 Å². The number of pyridine rings is 1. The van der Waals surface area contributed by atoms with Gasteiger partial charge in [-0.3, -0.25) is 9.71 Å². The predicted molar refractivity (Wildman–Crippen MR) is 133 cm³/mol. The lowest BCUT2D eigenvalue weighted by molar-refractivity contribution is 0.413. The van der Waals surface area contributed by atoms with Gasteiger partial charge in [0.15, 0.2) is 0 Å². The fraction of sp³-hybridized carbons (Fsp3) is 0.0769. The van der Waals surface area contributed by atoms with Gasteiger partial charge in [0.2, 0.25) is 0 Å². The number of imidazole rings is 1. The van der Waals surface area contributed by atoms with E-state index in [9.17, 15) is 8.42 Å². The van der Waals surface area contributed by atoms with Gasteiger partial charge in [0.1, 0.15) is 5.75 Å². The Hall–Kier alpha value is -4.17. The molecule has 34 heavy (non-hydrogen) atoms. The lowest BCUT2D eigenvalue weighted by atomic mass is 10.0. The Labute approximate surface area is 197 Å². The second-order valence-corrected chi connectivity index (χ2v) is 9.44. The molecule has 0 aliphatic heterocycles. The van der Waals surface area contributed by atoms with Crippen molar-refractivity contribution < 1.29 is 13.2 Å². The molecular formula is C26H22N4O3S. The average Bonchev–Trinajstić information content (AvgIpc) is 3.29. The first kappa shape index (κ1) is 21.7. The number of benzene rings is 3. The Morgan fingerprint density at radius 1 is 0.912 bits per heavy atom. The second-order valence-electron chi connectivity index (χ2n) is 7.79. The SMILES string of the molecule is COc1cc(NS(=O)(=O)c2ccccc2-c2cccc3ncccc23)ccc1-n1cnc(C)c1. The number of nitrogens with one attached hydrogen (secondary N) is 1. The van der Waals surface area contributed by atoms with Crippen LogP contribution in [-0.2, 0) is 10.0 Å². The zero-order chi connectivity index (χ0) is 23.7. The van der Waals surface area contributed by atoms with Crippen LogP contribution in [0.1, 0.15) is 5.69 Å². The quantitative estimate of drug-likeness (QED) is 0.368. The van der Waals surface area contributed by atoms with Gasteiger partial charge in [-0.05, 0) is 42.8 Å². The topological polar surface area (TPSA) is 86.1 Å². The molecule has 7 nitrogen and oxygen atoms in total. The van der Waals surface area contributed by atoms with Gasteiger partial charge < -0.3 is 9.30 Å². The molecule has 0 radical (unpaired) electrons. The first-order valence-electron chi connectivity index (χ1n) is 10.6. The highest BCUT2D eigenvalue weighted by molar-refractivity contribution is 7.92. The van der Waals surface area contributed by atoms with Gasteiger partial charge in [-0.2, -0.15) is 0 Å². The Balaban J connectivity index is 1.55. The van der Waals surface area contributed by atoms with Crippen molar-refractivity contribution in [2.75, 3.05) is 11.8 Å². The van der Waals surface area contributed by atoms with Gasteiger partial charge in [0.25, 0.3) is 10.0 Å². The number of hydrogen-bond donors (Lipinski definition) is 1. The van der Waals surface area contributed by atoms with Gasteiger partial charge >= 0.3 is 0 Å². The van der Waals surface area contributed by atoms with E-state index in [2.05, 4.69) is 14.7 Å². The van der Waals surface area contributed by atoms with Crippen molar-refractivity contribution in [2.45, 2.75) is 11.8 Å². The minimum atomic E-state index is -3.90. The highest BCUT2D eigenvalue weighted by Crippen LogP contribution is 2.34. The molecule has 2 heterocycles. The zero-order valence-electron chi connectivity index (χ0n) is 18.6. The third-order valence-electron chi connectivity index (χ3n) is 5.53. The normalized spacial score (nSPS) is 11.5. The summed E-state index contributed by atoms with van der Waals surface area (Å²) in [5.41, 5.74) is 4.23. The molecule has 2 aromatic heterocycles. The molecule has 5 rings (SSSR count). The van der Waals surface area contributed by atoms with Crippen LogP contribution in [0, 0.1) is 6.92 Å². The Kier molecular flexibility index (Phi) is 5.51. The van der Waals surface area contributed by atoms with Gasteiger partial charge in [-0.25, -0.2) is 13.4 Å². The van der Waals surface area contributed by atoms with Crippen LogP contribution in [0.15, 0.2) is 96.4 Å². The standard InChI is InChI=1S/C26H22N4O3S/c1-18-16-30(17-28-18)24-13-12-19(15-25(24)33-2)29-34(31,32)26-11-4-3-7-22(26)20-8-5-10-23-21(20)9-6-14-27-23/h3-17,29H,1-2H3. The number of hydrogen-bond acceptors (Lipinski definition) is 5. The van der Waals surface area contributed by atoms with E-state index in [4.69, 9.17) is 4.74 Å². The van der Waals surface area contributed by atoms with E-state index < -0.39 is 10.0 Å². The lowest BCUT2D eigenvalue weighted by Gasteiger charge is -2.15. The molecule has 0 saturated carbocycles. The van der Waals surface area contributed by atoms with Crippen LogP contribution >= 0.6 is 0 Å². The van der Waals surface area contributed by atoms with Crippen LogP contribution in [0.5, 0.6) is 5.75 Å². The average molecular weight is 471 g/mol. The molecule has 0 fully saturated rings. The summed E-state index contributed by atoms with van der Waals surface area (Å²) in [6.45, 7) is 1.90. The maximum Gasteiger partial charge on any atom is 0.262 e. The molecule has 5 aromatic rings. The highest BCUT2D eigenvalue weighted by Gasteiger charge is 2.21. The molecule has 0 aliphatic carbocycles. The van der Waals surface area contributed by atoms with E-state index in [-0.39, 0.29) is 4.90 Å². The van der Waals surface area contributed by atoms with E-state index in [1.165, 1.54) is 0 Å². The fourth-order valence-corrected chi connectivity index (χ4v) is 5.25. The summed E-state index contributed by atoms with van der Waals surface area (Å²) in [5, 5.41) is 0.884. The molecule has 0 unspecified atom stereocenters. The van der Waals surface area contributed by atoms with Gasteiger partial charge in [-0.15, -0.1) is 0 Å². The van der Waals surface area contributed by atoms with Crippen molar-refractivity contribution in [3.8, 4) is 22.6 Å². The van der Waals surface area contributed by atoms with E-state index in [1.54, 1.807) is 56.0 Å². The van der Waals surface area contributed by atoms with Crippen molar-refractivity contribution >= 4 is 26.6 Å². The molecule has 0 aliphatic rings. The summed E-state index contributed by atoms with van der Waals surface area (Å²) in [6.07, 6.45) is 5.28. The van der Waals surface area contributed by atoms with E-state index in [1.807, 2.05) is 54.1 Å². The first-order chi connectivity index (χ1) is 16.5. The second kappa shape index (κ2) is 8.64. The maximum absolute atomic E-state index is 13.5. The smallest absolute Gasteiger partial charge is 0.262 e. The Bertz CT molecular complexity index is 1600. The van der Waals surface area contributed by atoms with Crippen molar-refractivity contribution in [2.24, 2.45) is 0 Å². The molecule has 8 heteroatoms. The largest absolute Gasteiger partial charge is 0.494 e. The Morgan fingerprint density at radius 2 is 1.74 bits per heavy atom. The van der Waals surface area contributed by atoms with E-state index >= 15 is 0 Å². The summed E-state index contributed by atoms with van der Waals surface area (Å²) in [6, 6.07) is 21.6. The van der Waals surface area contributed by atoms with E-state index in [0.29, 0.717) is 17.0 Å². The molecule has 3 aromatic carbocycles. The van der Waals surface area contributed by atoms with Crippen molar-refractivity contribution in [3.63, 3.8) is 0 Å². The third kappa shape index (κ3) is 3.99. The highest BCUT2D eigenvalue weighted by atomic mass is 32.2. The minimum Gasteiger partial charge on any atom is -0.494 e. The summed E-state index contributed by atoms with van der Waals surface area (Å²) in [5.74, 6) is 0.519. The number of anilines is 1. The minimum absolute atomic E-state index is 0.180. The van der Waals surface area contributed by atoms with Gasteiger partial charge in [-0.1, -0.05) is 36.4 Å². The molecule has 0 saturated heterocycles. The number of aromatic nitrogens is 3. The monoisotopic (exact) mass is 470 g/mol. The molecule has 0 bridgehead atoms. The number of rotatable bonds is 6. The van der Waals surface area contributed by atoms with Crippen molar-refractivity contribution in [1.29, 1.82) is 0 Å². The molecule has 0 amide bonds. The van der Waals surface area contributed by atoms with Crippen molar-refractivity contribution in [3.05, 3.63) is 97.2 Å². The number of aryl methyl sites for hydroxylation is 1. The van der Waals surface area contributed by atoms with Crippen LogP contribution < -0.4 is 9.46 Å². The predicted octanol–water partition coefficient (Wildman–Crippen LogP) is 5.21. The van der Waals surface area contributed by atoms with Crippen LogP contribution in [0.3, 0.4) is 0 Å². The number of nitrogens with zero attached hydrogens (tertiary/aromatic N) is 3.